The van der Waals surface area contributed by atoms with Gasteiger partial charge in [0, 0.05) is 13.1 Å². The standard InChI is InChI=1S/C18H29NO3/c1-12(22-18(20)19-8-3-2-4-9-19)21-17-11-13-10-16(17)15-7-5-6-14(13)15/h12-17H,2-11H2,1H3. The second kappa shape index (κ2) is 6.03. The molecule has 6 atom stereocenters. The average molecular weight is 307 g/mol. The zero-order valence-electron chi connectivity index (χ0n) is 13.7. The Morgan fingerprint density at radius 3 is 2.59 bits per heavy atom. The normalized spacial score (nSPS) is 41.5. The number of hydrogen-bond donors (Lipinski definition) is 0. The molecule has 1 aliphatic heterocycles. The van der Waals surface area contributed by atoms with Crippen molar-refractivity contribution in [2.75, 3.05) is 13.1 Å². The van der Waals surface area contributed by atoms with Gasteiger partial charge in [-0.25, -0.2) is 4.79 Å². The van der Waals surface area contributed by atoms with Crippen molar-refractivity contribution in [1.82, 2.24) is 4.90 Å². The predicted octanol–water partition coefficient (Wildman–Crippen LogP) is 3.80. The summed E-state index contributed by atoms with van der Waals surface area (Å²) in [4.78, 5) is 14.0. The molecule has 1 amide bonds. The number of carbonyl (C=O) groups excluding carboxylic acids is 1. The second-order valence-electron chi connectivity index (χ2n) is 7.83. The Morgan fingerprint density at radius 1 is 1.00 bits per heavy atom. The SMILES string of the molecule is CC(OC(=O)N1CCCCC1)OC1CC2CC1C1CCCC21. The summed E-state index contributed by atoms with van der Waals surface area (Å²) >= 11 is 0. The molecule has 1 heterocycles. The van der Waals surface area contributed by atoms with Crippen LogP contribution in [0.3, 0.4) is 0 Å². The average Bonchev–Trinajstić information content (AvgIpc) is 3.20. The molecule has 3 aliphatic carbocycles. The van der Waals surface area contributed by atoms with Crippen LogP contribution in [0.15, 0.2) is 0 Å². The fraction of sp³-hybridized carbons (Fsp3) is 0.944. The second-order valence-corrected chi connectivity index (χ2v) is 7.83. The Labute approximate surface area is 133 Å². The summed E-state index contributed by atoms with van der Waals surface area (Å²) in [5.41, 5.74) is 0. The minimum absolute atomic E-state index is 0.186. The van der Waals surface area contributed by atoms with Crippen LogP contribution >= 0.6 is 0 Å². The Bertz CT molecular complexity index is 421. The van der Waals surface area contributed by atoms with Crippen molar-refractivity contribution in [2.24, 2.45) is 23.7 Å². The van der Waals surface area contributed by atoms with Gasteiger partial charge < -0.3 is 14.4 Å². The monoisotopic (exact) mass is 307 g/mol. The lowest BCUT2D eigenvalue weighted by Gasteiger charge is -2.33. The highest BCUT2D eigenvalue weighted by atomic mass is 16.7. The molecular formula is C18H29NO3. The van der Waals surface area contributed by atoms with Crippen LogP contribution in [-0.4, -0.2) is 36.5 Å². The van der Waals surface area contributed by atoms with Gasteiger partial charge >= 0.3 is 6.09 Å². The van der Waals surface area contributed by atoms with E-state index in [-0.39, 0.29) is 6.09 Å². The third-order valence-electron chi connectivity index (χ3n) is 6.62. The molecule has 1 saturated heterocycles. The third kappa shape index (κ3) is 2.64. The van der Waals surface area contributed by atoms with Gasteiger partial charge in [0.05, 0.1) is 6.10 Å². The quantitative estimate of drug-likeness (QED) is 0.745. The Hall–Kier alpha value is -0.770. The van der Waals surface area contributed by atoms with E-state index in [0.717, 1.165) is 49.6 Å². The first kappa shape index (κ1) is 14.8. The number of rotatable bonds is 3. The van der Waals surface area contributed by atoms with Gasteiger partial charge in [-0.2, -0.15) is 0 Å². The van der Waals surface area contributed by atoms with Gasteiger partial charge in [-0.15, -0.1) is 0 Å². The molecule has 2 bridgehead atoms. The summed E-state index contributed by atoms with van der Waals surface area (Å²) in [6.45, 7) is 3.56. The van der Waals surface area contributed by atoms with Crippen LogP contribution in [0.4, 0.5) is 4.79 Å². The molecule has 4 heteroatoms. The van der Waals surface area contributed by atoms with Crippen molar-refractivity contribution in [3.8, 4) is 0 Å². The van der Waals surface area contributed by atoms with Crippen LogP contribution in [0.5, 0.6) is 0 Å². The zero-order chi connectivity index (χ0) is 15.1. The van der Waals surface area contributed by atoms with E-state index in [1.807, 2.05) is 11.8 Å². The van der Waals surface area contributed by atoms with E-state index >= 15 is 0 Å². The van der Waals surface area contributed by atoms with E-state index in [4.69, 9.17) is 9.47 Å². The molecule has 4 nitrogen and oxygen atoms in total. The Balaban J connectivity index is 1.28. The molecule has 22 heavy (non-hydrogen) atoms. The molecule has 4 aliphatic rings. The smallest absolute Gasteiger partial charge is 0.412 e. The minimum Gasteiger partial charge on any atom is -0.420 e. The first-order chi connectivity index (χ1) is 10.7. The van der Waals surface area contributed by atoms with Crippen molar-refractivity contribution in [3.05, 3.63) is 0 Å². The molecule has 0 aromatic rings. The number of piperidine rings is 1. The first-order valence-corrected chi connectivity index (χ1v) is 9.33. The highest BCUT2D eigenvalue weighted by molar-refractivity contribution is 5.67. The van der Waals surface area contributed by atoms with Crippen LogP contribution in [0.25, 0.3) is 0 Å². The lowest BCUT2D eigenvalue weighted by Crippen LogP contribution is -2.39. The predicted molar refractivity (Wildman–Crippen MR) is 83.3 cm³/mol. The number of fused-ring (bicyclic) bond motifs is 5. The van der Waals surface area contributed by atoms with Crippen LogP contribution in [-0.2, 0) is 9.47 Å². The summed E-state index contributed by atoms with van der Waals surface area (Å²) in [7, 11) is 0. The topological polar surface area (TPSA) is 38.8 Å². The molecule has 124 valence electrons. The summed E-state index contributed by atoms with van der Waals surface area (Å²) in [6, 6.07) is 0. The molecule has 4 rings (SSSR count). The first-order valence-electron chi connectivity index (χ1n) is 9.33. The maximum absolute atomic E-state index is 12.1. The summed E-state index contributed by atoms with van der Waals surface area (Å²) < 4.78 is 11.7. The van der Waals surface area contributed by atoms with Gasteiger partial charge in [-0.3, -0.25) is 0 Å². The molecule has 0 aromatic carbocycles. The number of likely N-dealkylation sites (tertiary alicyclic amines) is 1. The van der Waals surface area contributed by atoms with Gasteiger partial charge in [0.2, 0.25) is 6.29 Å². The summed E-state index contributed by atoms with van der Waals surface area (Å²) in [5.74, 6) is 3.49. The fourth-order valence-corrected chi connectivity index (χ4v) is 5.73. The minimum atomic E-state index is -0.404. The summed E-state index contributed by atoms with van der Waals surface area (Å²) in [6.07, 6.45) is 9.95. The van der Waals surface area contributed by atoms with Crippen molar-refractivity contribution in [1.29, 1.82) is 0 Å². The van der Waals surface area contributed by atoms with E-state index in [2.05, 4.69) is 0 Å². The maximum atomic E-state index is 12.1. The van der Waals surface area contributed by atoms with Gasteiger partial charge in [0.1, 0.15) is 0 Å². The Morgan fingerprint density at radius 2 is 1.77 bits per heavy atom. The van der Waals surface area contributed by atoms with E-state index in [0.29, 0.717) is 6.10 Å². The van der Waals surface area contributed by atoms with Gasteiger partial charge in [-0.05, 0) is 75.5 Å². The maximum Gasteiger partial charge on any atom is 0.412 e. The molecule has 0 spiro atoms. The lowest BCUT2D eigenvalue weighted by molar-refractivity contribution is -0.152. The van der Waals surface area contributed by atoms with Gasteiger partial charge in [0.25, 0.3) is 0 Å². The lowest BCUT2D eigenvalue weighted by atomic mass is 9.80. The largest absolute Gasteiger partial charge is 0.420 e. The van der Waals surface area contributed by atoms with E-state index in [1.165, 1.54) is 38.5 Å². The molecular weight excluding hydrogens is 278 g/mol. The molecule has 4 fully saturated rings. The number of ether oxygens (including phenoxy) is 2. The van der Waals surface area contributed by atoms with Crippen molar-refractivity contribution >= 4 is 6.09 Å². The zero-order valence-corrected chi connectivity index (χ0v) is 13.7. The fourth-order valence-electron chi connectivity index (χ4n) is 5.73. The summed E-state index contributed by atoms with van der Waals surface area (Å²) in [5, 5.41) is 0. The van der Waals surface area contributed by atoms with E-state index in [1.54, 1.807) is 0 Å². The van der Waals surface area contributed by atoms with Crippen molar-refractivity contribution in [3.63, 3.8) is 0 Å². The van der Waals surface area contributed by atoms with Crippen LogP contribution in [0.2, 0.25) is 0 Å². The van der Waals surface area contributed by atoms with Gasteiger partial charge in [0.15, 0.2) is 0 Å². The molecule has 0 radical (unpaired) electrons. The number of hydrogen-bond acceptors (Lipinski definition) is 3. The van der Waals surface area contributed by atoms with Crippen molar-refractivity contribution < 1.29 is 14.3 Å². The third-order valence-corrected chi connectivity index (χ3v) is 6.62. The molecule has 0 N–H and O–H groups in total. The number of amides is 1. The Kier molecular flexibility index (Phi) is 4.05. The van der Waals surface area contributed by atoms with E-state index < -0.39 is 6.29 Å². The number of nitrogens with zero attached hydrogens (tertiary/aromatic N) is 1. The van der Waals surface area contributed by atoms with Gasteiger partial charge in [-0.1, -0.05) is 6.42 Å². The molecule has 6 unspecified atom stereocenters. The van der Waals surface area contributed by atoms with Crippen LogP contribution < -0.4 is 0 Å². The highest BCUT2D eigenvalue weighted by Crippen LogP contribution is 2.59. The van der Waals surface area contributed by atoms with Crippen LogP contribution in [0, 0.1) is 23.7 Å². The molecule has 3 saturated carbocycles. The highest BCUT2D eigenvalue weighted by Gasteiger charge is 2.54. The van der Waals surface area contributed by atoms with Crippen LogP contribution in [0.1, 0.15) is 58.3 Å². The number of carbonyl (C=O) groups is 1. The molecule has 0 aromatic heterocycles. The van der Waals surface area contributed by atoms with E-state index in [9.17, 15) is 4.79 Å². The van der Waals surface area contributed by atoms with Crippen molar-refractivity contribution in [2.45, 2.75) is 70.7 Å².